The van der Waals surface area contributed by atoms with Crippen LogP contribution in [-0.4, -0.2) is 10.9 Å². The van der Waals surface area contributed by atoms with Crippen molar-refractivity contribution in [2.24, 2.45) is 5.73 Å². The van der Waals surface area contributed by atoms with Gasteiger partial charge in [0.2, 0.25) is 0 Å². The summed E-state index contributed by atoms with van der Waals surface area (Å²) in [4.78, 5) is 25.2. The highest BCUT2D eigenvalue weighted by molar-refractivity contribution is 7.07. The van der Waals surface area contributed by atoms with Crippen molar-refractivity contribution in [3.8, 4) is 0 Å². The van der Waals surface area contributed by atoms with Crippen LogP contribution in [0.4, 0.5) is 0 Å². The van der Waals surface area contributed by atoms with Crippen LogP contribution in [0, 0.1) is 0 Å². The van der Waals surface area contributed by atoms with E-state index in [9.17, 15) is 9.59 Å². The molecular weight excluding hydrogens is 250 g/mol. The number of nitrogens with two attached hydrogens (primary N) is 1. The van der Waals surface area contributed by atoms with Crippen molar-refractivity contribution in [2.45, 2.75) is 13.1 Å². The molecule has 0 bridgehead atoms. The summed E-state index contributed by atoms with van der Waals surface area (Å²) in [6.07, 6.45) is 0. The SMILES string of the molecule is NCc1ccc(C(=O)NCc2csc(=O)[nH]2)cc1. The largest absolute Gasteiger partial charge is 0.346 e. The normalized spacial score (nSPS) is 10.3. The van der Waals surface area contributed by atoms with Gasteiger partial charge in [-0.15, -0.1) is 0 Å². The summed E-state index contributed by atoms with van der Waals surface area (Å²) in [7, 11) is 0. The molecule has 0 atom stereocenters. The Bertz CT molecular complexity index is 586. The highest BCUT2D eigenvalue weighted by atomic mass is 32.1. The predicted molar refractivity (Wildman–Crippen MR) is 70.4 cm³/mol. The minimum atomic E-state index is -0.175. The first-order valence-corrected chi connectivity index (χ1v) is 6.31. The second-order valence-corrected chi connectivity index (χ2v) is 4.60. The molecule has 0 fully saturated rings. The van der Waals surface area contributed by atoms with Crippen LogP contribution < -0.4 is 15.9 Å². The Balaban J connectivity index is 1.96. The fraction of sp³-hybridized carbons (Fsp3) is 0.167. The molecule has 0 aliphatic rings. The minimum absolute atomic E-state index is 0.119. The molecule has 0 aliphatic heterocycles. The molecule has 4 N–H and O–H groups in total. The fourth-order valence-electron chi connectivity index (χ4n) is 1.47. The number of nitrogens with one attached hydrogen (secondary N) is 2. The number of carbonyl (C=O) groups excluding carboxylic acids is 1. The third-order valence-electron chi connectivity index (χ3n) is 2.46. The number of rotatable bonds is 4. The number of amides is 1. The molecule has 1 heterocycles. The number of hydrogen-bond donors (Lipinski definition) is 3. The van der Waals surface area contributed by atoms with Gasteiger partial charge in [0, 0.05) is 23.2 Å². The molecule has 1 aromatic heterocycles. The third-order valence-corrected chi connectivity index (χ3v) is 3.18. The minimum Gasteiger partial charge on any atom is -0.346 e. The summed E-state index contributed by atoms with van der Waals surface area (Å²) < 4.78 is 0. The Morgan fingerprint density at radius 2 is 2.06 bits per heavy atom. The van der Waals surface area contributed by atoms with E-state index in [1.54, 1.807) is 17.5 Å². The molecule has 1 aromatic carbocycles. The number of H-pyrrole nitrogens is 1. The molecular formula is C12H13N3O2S. The monoisotopic (exact) mass is 263 g/mol. The summed E-state index contributed by atoms with van der Waals surface area (Å²) in [5.74, 6) is -0.175. The van der Waals surface area contributed by atoms with Gasteiger partial charge in [-0.2, -0.15) is 0 Å². The molecule has 94 valence electrons. The number of aromatic nitrogens is 1. The summed E-state index contributed by atoms with van der Waals surface area (Å²) in [5, 5.41) is 4.43. The Morgan fingerprint density at radius 3 is 2.61 bits per heavy atom. The first kappa shape index (κ1) is 12.5. The molecule has 2 aromatic rings. The van der Waals surface area contributed by atoms with Crippen LogP contribution in [0.15, 0.2) is 34.4 Å². The smallest absolute Gasteiger partial charge is 0.304 e. The zero-order chi connectivity index (χ0) is 13.0. The van der Waals surface area contributed by atoms with Crippen LogP contribution in [0.5, 0.6) is 0 Å². The van der Waals surface area contributed by atoms with E-state index >= 15 is 0 Å². The van der Waals surface area contributed by atoms with Crippen LogP contribution in [0.3, 0.4) is 0 Å². The van der Waals surface area contributed by atoms with Crippen LogP contribution >= 0.6 is 11.3 Å². The van der Waals surface area contributed by atoms with Gasteiger partial charge >= 0.3 is 4.87 Å². The lowest BCUT2D eigenvalue weighted by Gasteiger charge is -2.04. The molecule has 18 heavy (non-hydrogen) atoms. The Kier molecular flexibility index (Phi) is 3.91. The van der Waals surface area contributed by atoms with Gasteiger partial charge in [-0.25, -0.2) is 0 Å². The topological polar surface area (TPSA) is 88.0 Å². The van der Waals surface area contributed by atoms with Crippen molar-refractivity contribution in [2.75, 3.05) is 0 Å². The van der Waals surface area contributed by atoms with E-state index in [0.29, 0.717) is 24.3 Å². The van der Waals surface area contributed by atoms with Gasteiger partial charge in [-0.05, 0) is 17.7 Å². The van der Waals surface area contributed by atoms with Crippen LogP contribution in [0.2, 0.25) is 0 Å². The Hall–Kier alpha value is -1.92. The third kappa shape index (κ3) is 3.06. The summed E-state index contributed by atoms with van der Waals surface area (Å²) in [6.45, 7) is 0.772. The van der Waals surface area contributed by atoms with Gasteiger partial charge in [0.25, 0.3) is 5.91 Å². The number of carbonyl (C=O) groups is 1. The quantitative estimate of drug-likeness (QED) is 0.763. The zero-order valence-corrected chi connectivity index (χ0v) is 10.4. The maximum Gasteiger partial charge on any atom is 0.304 e. The zero-order valence-electron chi connectivity index (χ0n) is 9.60. The van der Waals surface area contributed by atoms with Gasteiger partial charge < -0.3 is 16.0 Å². The van der Waals surface area contributed by atoms with Crippen molar-refractivity contribution in [3.63, 3.8) is 0 Å². The van der Waals surface area contributed by atoms with Gasteiger partial charge in [0.1, 0.15) is 0 Å². The van der Waals surface area contributed by atoms with Crippen LogP contribution in [0.25, 0.3) is 0 Å². The summed E-state index contributed by atoms with van der Waals surface area (Å²) in [6, 6.07) is 7.10. The molecule has 0 saturated heterocycles. The first-order chi connectivity index (χ1) is 8.69. The number of benzene rings is 1. The van der Waals surface area contributed by atoms with E-state index in [-0.39, 0.29) is 10.8 Å². The number of aromatic amines is 1. The van der Waals surface area contributed by atoms with E-state index in [0.717, 1.165) is 16.9 Å². The molecule has 0 unspecified atom stereocenters. The van der Waals surface area contributed by atoms with Crippen molar-refractivity contribution in [1.82, 2.24) is 10.3 Å². The molecule has 2 rings (SSSR count). The van der Waals surface area contributed by atoms with Crippen molar-refractivity contribution in [1.29, 1.82) is 0 Å². The van der Waals surface area contributed by atoms with Crippen LogP contribution in [-0.2, 0) is 13.1 Å². The highest BCUT2D eigenvalue weighted by Gasteiger charge is 2.05. The van der Waals surface area contributed by atoms with Gasteiger partial charge in [0.15, 0.2) is 0 Å². The summed E-state index contributed by atoms with van der Waals surface area (Å²) >= 11 is 1.08. The van der Waals surface area contributed by atoms with E-state index < -0.39 is 0 Å². The van der Waals surface area contributed by atoms with E-state index in [1.807, 2.05) is 12.1 Å². The van der Waals surface area contributed by atoms with Crippen molar-refractivity contribution in [3.05, 3.63) is 56.1 Å². The summed E-state index contributed by atoms with van der Waals surface area (Å²) in [5.41, 5.74) is 7.74. The fourth-order valence-corrected chi connectivity index (χ4v) is 2.05. The van der Waals surface area contributed by atoms with Crippen molar-refractivity contribution >= 4 is 17.2 Å². The molecule has 0 spiro atoms. The molecule has 6 heteroatoms. The maximum atomic E-state index is 11.8. The van der Waals surface area contributed by atoms with Gasteiger partial charge in [0.05, 0.1) is 6.54 Å². The van der Waals surface area contributed by atoms with E-state index in [1.165, 1.54) is 0 Å². The lowest BCUT2D eigenvalue weighted by atomic mass is 10.1. The average molecular weight is 263 g/mol. The van der Waals surface area contributed by atoms with Gasteiger partial charge in [-0.3, -0.25) is 9.59 Å². The molecule has 0 aliphatic carbocycles. The van der Waals surface area contributed by atoms with Crippen LogP contribution in [0.1, 0.15) is 21.6 Å². The molecule has 0 saturated carbocycles. The van der Waals surface area contributed by atoms with E-state index in [2.05, 4.69) is 10.3 Å². The second-order valence-electron chi connectivity index (χ2n) is 3.76. The highest BCUT2D eigenvalue weighted by Crippen LogP contribution is 2.04. The Labute approximate surface area is 108 Å². The second kappa shape index (κ2) is 5.61. The molecule has 1 amide bonds. The van der Waals surface area contributed by atoms with Crippen molar-refractivity contribution < 1.29 is 4.79 Å². The molecule has 5 nitrogen and oxygen atoms in total. The van der Waals surface area contributed by atoms with E-state index in [4.69, 9.17) is 5.73 Å². The number of hydrogen-bond acceptors (Lipinski definition) is 4. The first-order valence-electron chi connectivity index (χ1n) is 5.43. The molecule has 0 radical (unpaired) electrons. The predicted octanol–water partition coefficient (Wildman–Crippen LogP) is 0.825. The maximum absolute atomic E-state index is 11.8. The standard InChI is InChI=1S/C12H13N3O2S/c13-5-8-1-3-9(4-2-8)11(16)14-6-10-7-18-12(17)15-10/h1-4,7H,5-6,13H2,(H,14,16)(H,15,17). The lowest BCUT2D eigenvalue weighted by Crippen LogP contribution is -2.23. The lowest BCUT2D eigenvalue weighted by molar-refractivity contribution is 0.0950. The van der Waals surface area contributed by atoms with Gasteiger partial charge in [-0.1, -0.05) is 23.5 Å². The Morgan fingerprint density at radius 1 is 1.33 bits per heavy atom. The average Bonchev–Trinajstić information content (AvgIpc) is 2.82. The number of thiazole rings is 1.